The minimum atomic E-state index is -4.29. The minimum Gasteiger partial charge on any atom is -0.166 e. The Labute approximate surface area is 70.1 Å². The van der Waals surface area contributed by atoms with Gasteiger partial charge in [0.25, 0.3) is 0 Å². The van der Waals surface area contributed by atoms with Crippen LogP contribution in [0.5, 0.6) is 0 Å². The highest BCUT2D eigenvalue weighted by atomic mass is 19.4. The Kier molecular flexibility index (Phi) is 3.80. The van der Waals surface area contributed by atoms with Gasteiger partial charge in [0.15, 0.2) is 0 Å². The number of allylic oxidation sites excluding steroid dienone is 5. The minimum absolute atomic E-state index is 0.139. The van der Waals surface area contributed by atoms with Crippen molar-refractivity contribution < 1.29 is 13.2 Å². The van der Waals surface area contributed by atoms with E-state index < -0.39 is 11.7 Å². The molecule has 0 bridgehead atoms. The molecule has 0 radical (unpaired) electrons. The van der Waals surface area contributed by atoms with Crippen molar-refractivity contribution in [2.45, 2.75) is 20.0 Å². The van der Waals surface area contributed by atoms with Gasteiger partial charge in [-0.2, -0.15) is 13.2 Å². The summed E-state index contributed by atoms with van der Waals surface area (Å²) in [6.07, 6.45) is -0.694. The van der Waals surface area contributed by atoms with Gasteiger partial charge >= 0.3 is 6.18 Å². The molecule has 0 saturated carbocycles. The Balaban J connectivity index is 5.05. The van der Waals surface area contributed by atoms with Crippen molar-refractivity contribution in [2.24, 2.45) is 0 Å². The van der Waals surface area contributed by atoms with Crippen LogP contribution >= 0.6 is 0 Å². The van der Waals surface area contributed by atoms with Gasteiger partial charge in [-0.25, -0.2) is 0 Å². The fourth-order valence-corrected chi connectivity index (χ4v) is 0.726. The average molecular weight is 176 g/mol. The second-order valence-corrected chi connectivity index (χ2v) is 2.30. The lowest BCUT2D eigenvalue weighted by molar-refractivity contribution is -0.0887. The fourth-order valence-electron chi connectivity index (χ4n) is 0.726. The first-order valence-electron chi connectivity index (χ1n) is 3.46. The second-order valence-electron chi connectivity index (χ2n) is 2.30. The fraction of sp³-hybridized carbons (Fsp3) is 0.333. The van der Waals surface area contributed by atoms with Gasteiger partial charge in [-0.15, -0.1) is 0 Å². The molecule has 0 aromatic heterocycles. The van der Waals surface area contributed by atoms with Gasteiger partial charge in [0, 0.05) is 0 Å². The van der Waals surface area contributed by atoms with Crippen LogP contribution in [0.25, 0.3) is 0 Å². The van der Waals surface area contributed by atoms with E-state index in [1.54, 1.807) is 6.92 Å². The van der Waals surface area contributed by atoms with Crippen LogP contribution in [0.3, 0.4) is 0 Å². The van der Waals surface area contributed by atoms with Crippen molar-refractivity contribution in [3.8, 4) is 0 Å². The monoisotopic (exact) mass is 176 g/mol. The van der Waals surface area contributed by atoms with Crippen LogP contribution < -0.4 is 0 Å². The van der Waals surface area contributed by atoms with E-state index in [0.717, 1.165) is 6.08 Å². The van der Waals surface area contributed by atoms with Gasteiger partial charge in [0.2, 0.25) is 0 Å². The molecule has 0 aromatic rings. The highest BCUT2D eigenvalue weighted by molar-refractivity contribution is 5.34. The summed E-state index contributed by atoms with van der Waals surface area (Å²) < 4.78 is 36.6. The van der Waals surface area contributed by atoms with Crippen molar-refractivity contribution >= 4 is 0 Å². The molecule has 68 valence electrons. The zero-order chi connectivity index (χ0) is 9.78. The number of hydrogen-bond donors (Lipinski definition) is 0. The number of halogens is 3. The van der Waals surface area contributed by atoms with E-state index in [0.29, 0.717) is 0 Å². The third-order valence-electron chi connectivity index (χ3n) is 1.37. The predicted molar refractivity (Wildman–Crippen MR) is 43.8 cm³/mol. The third kappa shape index (κ3) is 2.95. The highest BCUT2D eigenvalue weighted by Gasteiger charge is 2.32. The van der Waals surface area contributed by atoms with E-state index >= 15 is 0 Å². The van der Waals surface area contributed by atoms with Crippen LogP contribution in [0.2, 0.25) is 0 Å². The van der Waals surface area contributed by atoms with Crippen molar-refractivity contribution in [1.82, 2.24) is 0 Å². The molecule has 0 atom stereocenters. The first-order chi connectivity index (χ1) is 5.43. The summed E-state index contributed by atoms with van der Waals surface area (Å²) in [6, 6.07) is 0. The molecule has 0 spiro atoms. The molecule has 0 saturated heterocycles. The zero-order valence-corrected chi connectivity index (χ0v) is 7.07. The van der Waals surface area contributed by atoms with E-state index in [9.17, 15) is 13.2 Å². The van der Waals surface area contributed by atoms with Crippen LogP contribution in [0.15, 0.2) is 36.0 Å². The summed E-state index contributed by atoms with van der Waals surface area (Å²) in [6.45, 7) is 6.21. The van der Waals surface area contributed by atoms with Crippen LogP contribution in [-0.4, -0.2) is 6.18 Å². The van der Waals surface area contributed by atoms with Crippen LogP contribution in [0, 0.1) is 0 Å². The second kappa shape index (κ2) is 4.14. The first kappa shape index (κ1) is 11.0. The Morgan fingerprint density at radius 2 is 1.83 bits per heavy atom. The maximum absolute atomic E-state index is 12.2. The maximum atomic E-state index is 12.2. The molecule has 3 heteroatoms. The molecule has 0 N–H and O–H groups in total. The first-order valence-corrected chi connectivity index (χ1v) is 3.46. The molecule has 0 aliphatic rings. The normalized spacial score (nSPS) is 14.8. The van der Waals surface area contributed by atoms with Crippen molar-refractivity contribution in [1.29, 1.82) is 0 Å². The average Bonchev–Trinajstić information content (AvgIpc) is 1.96. The van der Waals surface area contributed by atoms with Crippen LogP contribution in [0.4, 0.5) is 13.2 Å². The van der Waals surface area contributed by atoms with Crippen molar-refractivity contribution in [3.05, 3.63) is 36.0 Å². The Morgan fingerprint density at radius 1 is 1.33 bits per heavy atom. The lowest BCUT2D eigenvalue weighted by Crippen LogP contribution is -2.11. The standard InChI is InChI=1S/C9H11F3/c1-4-6-8(7(3)5-2)9(10,11)12/h4-6H,2H2,1,3H3/b6-4-,8-7+. The smallest absolute Gasteiger partial charge is 0.166 e. The molecule has 0 amide bonds. The molecule has 0 aliphatic carbocycles. The van der Waals surface area contributed by atoms with E-state index in [2.05, 4.69) is 6.58 Å². The summed E-state index contributed by atoms with van der Waals surface area (Å²) in [5.74, 6) is 0. The van der Waals surface area contributed by atoms with Crippen LogP contribution in [-0.2, 0) is 0 Å². The van der Waals surface area contributed by atoms with E-state index in [1.807, 2.05) is 0 Å². The van der Waals surface area contributed by atoms with Crippen LogP contribution in [0.1, 0.15) is 13.8 Å². The molecule has 0 unspecified atom stereocenters. The van der Waals surface area contributed by atoms with Gasteiger partial charge in [-0.05, 0) is 19.4 Å². The summed E-state index contributed by atoms with van der Waals surface area (Å²) in [4.78, 5) is 0. The molecular formula is C9H11F3. The number of alkyl halides is 3. The topological polar surface area (TPSA) is 0 Å². The Bertz CT molecular complexity index is 218. The molecule has 12 heavy (non-hydrogen) atoms. The lowest BCUT2D eigenvalue weighted by Gasteiger charge is -2.09. The number of hydrogen-bond acceptors (Lipinski definition) is 0. The van der Waals surface area contributed by atoms with E-state index in [-0.39, 0.29) is 5.57 Å². The molecule has 0 aromatic carbocycles. The largest absolute Gasteiger partial charge is 0.416 e. The van der Waals surface area contributed by atoms with Crippen molar-refractivity contribution in [3.63, 3.8) is 0 Å². The van der Waals surface area contributed by atoms with Gasteiger partial charge in [0.05, 0.1) is 5.57 Å². The SMILES string of the molecule is C=C/C(C)=C(\C=C/C)C(F)(F)F. The maximum Gasteiger partial charge on any atom is 0.416 e. The Hall–Kier alpha value is -0.990. The molecule has 0 heterocycles. The van der Waals surface area contributed by atoms with E-state index in [4.69, 9.17) is 0 Å². The number of rotatable bonds is 2. The van der Waals surface area contributed by atoms with Gasteiger partial charge in [0.1, 0.15) is 0 Å². The summed E-state index contributed by atoms with van der Waals surface area (Å²) in [7, 11) is 0. The van der Waals surface area contributed by atoms with Gasteiger partial charge < -0.3 is 0 Å². The molecule has 0 aliphatic heterocycles. The lowest BCUT2D eigenvalue weighted by atomic mass is 10.1. The highest BCUT2D eigenvalue weighted by Crippen LogP contribution is 2.29. The van der Waals surface area contributed by atoms with Gasteiger partial charge in [-0.1, -0.05) is 24.8 Å². The molecule has 0 fully saturated rings. The zero-order valence-electron chi connectivity index (χ0n) is 7.07. The Morgan fingerprint density at radius 3 is 2.08 bits per heavy atom. The summed E-state index contributed by atoms with van der Waals surface area (Å²) in [5.41, 5.74) is -0.499. The van der Waals surface area contributed by atoms with Crippen molar-refractivity contribution in [2.75, 3.05) is 0 Å². The quantitative estimate of drug-likeness (QED) is 0.563. The van der Waals surface area contributed by atoms with E-state index in [1.165, 1.54) is 19.1 Å². The molecule has 0 rings (SSSR count). The predicted octanol–water partition coefficient (Wildman–Crippen LogP) is 3.63. The summed E-state index contributed by atoms with van der Waals surface area (Å²) >= 11 is 0. The summed E-state index contributed by atoms with van der Waals surface area (Å²) in [5, 5.41) is 0. The molecule has 0 nitrogen and oxygen atoms in total. The third-order valence-corrected chi connectivity index (χ3v) is 1.37. The van der Waals surface area contributed by atoms with Gasteiger partial charge in [-0.3, -0.25) is 0 Å². The molecular weight excluding hydrogens is 165 g/mol.